The number of H-pyrrole nitrogens is 1. The van der Waals surface area contributed by atoms with E-state index in [4.69, 9.17) is 1.37 Å². The molecule has 3 N–H and O–H groups in total. The molecule has 0 saturated carbocycles. The molecule has 162 valence electrons. The van der Waals surface area contributed by atoms with Crippen molar-refractivity contribution in [2.24, 2.45) is 15.0 Å². The molecule has 8 bridgehead atoms. The minimum Gasteiger partial charge on any atom is -0.515 e. The quantitative estimate of drug-likeness (QED) is 0.532. The van der Waals surface area contributed by atoms with E-state index in [2.05, 4.69) is 20.0 Å². The predicted molar refractivity (Wildman–Crippen MR) is 128 cm³/mol. The molecule has 1 aromatic heterocycles. The maximum Gasteiger partial charge on any atom is 0.418 e. The number of rotatable bonds is 1. The summed E-state index contributed by atoms with van der Waals surface area (Å²) in [5, 5.41) is 20.0. The van der Waals surface area contributed by atoms with E-state index in [0.717, 1.165) is 12.3 Å². The third-order valence-corrected chi connectivity index (χ3v) is 4.94. The number of hydrogen-bond donors (Lipinski definition) is 3. The van der Waals surface area contributed by atoms with E-state index in [1.165, 1.54) is 12.2 Å². The number of aliphatic hydroxyl groups excluding tert-OH is 2. The second-order valence-electron chi connectivity index (χ2n) is 7.25. The van der Waals surface area contributed by atoms with Crippen molar-refractivity contribution in [3.05, 3.63) is 87.5 Å². The molecule has 4 aliphatic rings. The van der Waals surface area contributed by atoms with Crippen molar-refractivity contribution in [3.8, 4) is 0 Å². The third-order valence-electron chi connectivity index (χ3n) is 4.94. The van der Waals surface area contributed by atoms with Gasteiger partial charge in [-0.1, -0.05) is 0 Å². The van der Waals surface area contributed by atoms with Gasteiger partial charge in [-0.3, -0.25) is 0 Å². The van der Waals surface area contributed by atoms with E-state index in [1.54, 1.807) is 36.5 Å². The Hall–Kier alpha value is -1.98. The van der Waals surface area contributed by atoms with Gasteiger partial charge in [0, 0.05) is 75.6 Å². The van der Waals surface area contributed by atoms with Crippen molar-refractivity contribution in [3.63, 3.8) is 0 Å². The van der Waals surface area contributed by atoms with Gasteiger partial charge in [-0.25, -0.2) is 15.0 Å². The zero-order chi connectivity index (χ0) is 23.3. The summed E-state index contributed by atoms with van der Waals surface area (Å²) in [7, 11) is 0. The Morgan fingerprint density at radius 1 is 0.882 bits per heavy atom. The van der Waals surface area contributed by atoms with E-state index in [1.807, 2.05) is 0 Å². The summed E-state index contributed by atoms with van der Waals surface area (Å²) in [5.74, 6) is 0. The first-order valence-electron chi connectivity index (χ1n) is 10.00. The van der Waals surface area contributed by atoms with Crippen LogP contribution in [-0.2, 0) is 0 Å². The molecule has 1 unspecified atom stereocenters. The van der Waals surface area contributed by atoms with Crippen molar-refractivity contribution in [1.29, 1.82) is 0 Å². The van der Waals surface area contributed by atoms with Gasteiger partial charge in [-0.05, 0) is 60.7 Å². The number of aliphatic imine (C=N–C) groups is 3. The van der Waals surface area contributed by atoms with Gasteiger partial charge in [0.1, 0.15) is 0 Å². The van der Waals surface area contributed by atoms with Crippen molar-refractivity contribution < 1.29 is 24.8 Å². The molecule has 4 aliphatic heterocycles. The number of nitrogens with zero attached hydrogens (tertiary/aromatic N) is 3. The molecule has 1 aromatic rings. The van der Waals surface area contributed by atoms with Crippen molar-refractivity contribution in [1.82, 2.24) is 4.98 Å². The van der Waals surface area contributed by atoms with Gasteiger partial charge >= 0.3 is 6.18 Å². The fourth-order valence-electron chi connectivity index (χ4n) is 3.50. The second-order valence-corrected chi connectivity index (χ2v) is 7.25. The molecule has 1 atom stereocenters. The number of alkyl halides is 3. The van der Waals surface area contributed by atoms with Gasteiger partial charge in [0.05, 0.1) is 47.2 Å². The second kappa shape index (κ2) is 10.3. The Kier molecular flexibility index (Phi) is 7.63. The number of aromatic nitrogens is 1. The van der Waals surface area contributed by atoms with Gasteiger partial charge in [0.15, 0.2) is 6.10 Å². The molecule has 0 saturated heterocycles. The molecule has 2 radical (unpaired) electrons. The summed E-state index contributed by atoms with van der Waals surface area (Å²) in [6, 6.07) is -0.0163. The number of hydrogen-bond acceptors (Lipinski definition) is 5. The largest absolute Gasteiger partial charge is 0.515 e. The van der Waals surface area contributed by atoms with E-state index in [-0.39, 0.29) is 87.1 Å². The normalized spacial score (nSPS) is 19.9. The van der Waals surface area contributed by atoms with Crippen LogP contribution in [0, 0.1) is 0 Å². The van der Waals surface area contributed by atoms with Crippen LogP contribution in [0.4, 0.5) is 13.2 Å². The van der Waals surface area contributed by atoms with Crippen LogP contribution in [-0.4, -0.2) is 104 Å². The monoisotopic (exact) mass is 483 g/mol. The molecule has 0 aliphatic carbocycles. The molecule has 0 spiro atoms. The Balaban J connectivity index is 0.00000171. The zero-order valence-corrected chi connectivity index (χ0v) is 22.2. The summed E-state index contributed by atoms with van der Waals surface area (Å²) >= 11 is 0. The number of allylic oxidation sites excluding steroid dienone is 7. The van der Waals surface area contributed by atoms with Gasteiger partial charge in [-0.15, -0.1) is 0 Å². The van der Waals surface area contributed by atoms with Crippen LogP contribution < -0.4 is 10.6 Å². The molecule has 6 nitrogen and oxygen atoms in total. The number of aliphatic hydroxyl groups is 2. The first-order chi connectivity index (χ1) is 15.7. The molecule has 11 heteroatoms. The van der Waals surface area contributed by atoms with Crippen molar-refractivity contribution in [2.75, 3.05) is 0 Å². The summed E-state index contributed by atoms with van der Waals surface area (Å²) in [4.78, 5) is 16.0. The topological polar surface area (TPSA) is 93.3 Å². The molecule has 0 fully saturated rings. The predicted octanol–water partition coefficient (Wildman–Crippen LogP) is 1.78. The Morgan fingerprint density at radius 3 is 2.18 bits per heavy atom. The maximum atomic E-state index is 13.3. The van der Waals surface area contributed by atoms with Crippen LogP contribution in [0.15, 0.2) is 86.2 Å². The molecule has 5 rings (SSSR count). The Bertz CT molecular complexity index is 1490. The van der Waals surface area contributed by atoms with Crippen LogP contribution in [0.3, 0.4) is 0 Å². The third kappa shape index (κ3) is 5.46. The SMILES string of the molecule is [2H]c1c2[nH]c(c1=CO)=CC1=NC(=CC3=NC(=CC4=NC(=C2)C=C4)C=C3)C(C(O)C(F)(F)F)=C1.[Na].[Na]. The first kappa shape index (κ1) is 25.1. The van der Waals surface area contributed by atoms with Gasteiger partial charge < -0.3 is 15.2 Å². The number of nitrogens with one attached hydrogen (secondary N) is 1. The molecular formula is C23H15F3N4Na2O2. The van der Waals surface area contributed by atoms with E-state index < -0.39 is 17.9 Å². The van der Waals surface area contributed by atoms with Gasteiger partial charge in [0.25, 0.3) is 0 Å². The average Bonchev–Trinajstić information content (AvgIpc) is 3.51. The maximum absolute atomic E-state index is 13.3. The van der Waals surface area contributed by atoms with Crippen LogP contribution in [0.5, 0.6) is 0 Å². The smallest absolute Gasteiger partial charge is 0.418 e. The fraction of sp³-hybridized carbons (Fsp3) is 0.0870. The standard InChI is InChI=1S/C23H15F3N4O2.2Na/c24-23(25,26)22(32)19-8-18-10-20-12(11-31)5-17(29-20)7-15-2-1-13(27-15)6-14-3-4-16(28-14)9-21(19)30-18;;/h1-11,22,29,31-32H;;/i5D;;. The number of aromatic amines is 1. The van der Waals surface area contributed by atoms with E-state index in [9.17, 15) is 23.4 Å². The van der Waals surface area contributed by atoms with Crippen molar-refractivity contribution >= 4 is 94.7 Å². The molecular weight excluding hydrogens is 467 g/mol. The van der Waals surface area contributed by atoms with Crippen molar-refractivity contribution in [2.45, 2.75) is 12.3 Å². The zero-order valence-electron chi connectivity index (χ0n) is 19.2. The Labute approximate surface area is 237 Å². The Morgan fingerprint density at radius 2 is 1.53 bits per heavy atom. The van der Waals surface area contributed by atoms with E-state index >= 15 is 0 Å². The van der Waals surface area contributed by atoms with E-state index in [0.29, 0.717) is 28.5 Å². The molecule has 0 amide bonds. The van der Waals surface area contributed by atoms with Crippen LogP contribution in [0.25, 0.3) is 18.4 Å². The first-order valence-corrected chi connectivity index (χ1v) is 9.50. The summed E-state index contributed by atoms with van der Waals surface area (Å²) in [5.41, 5.74) is 2.04. The summed E-state index contributed by atoms with van der Waals surface area (Å²) in [6.45, 7) is 0. The minimum absolute atomic E-state index is 0. The molecule has 0 aromatic carbocycles. The van der Waals surface area contributed by atoms with Crippen LogP contribution in [0.1, 0.15) is 7.06 Å². The summed E-state index contributed by atoms with van der Waals surface area (Å²) in [6.07, 6.45) is 7.18. The van der Waals surface area contributed by atoms with Gasteiger partial charge in [0.2, 0.25) is 0 Å². The molecule has 34 heavy (non-hydrogen) atoms. The number of fused-ring (bicyclic) bond motifs is 5. The average molecular weight is 483 g/mol. The fourth-order valence-corrected chi connectivity index (χ4v) is 3.50. The van der Waals surface area contributed by atoms with Gasteiger partial charge in [-0.2, -0.15) is 13.2 Å². The van der Waals surface area contributed by atoms with Crippen LogP contribution in [0.2, 0.25) is 0 Å². The minimum atomic E-state index is -4.89. The summed E-state index contributed by atoms with van der Waals surface area (Å²) < 4.78 is 48.2. The molecule has 5 heterocycles. The number of halogens is 3. The van der Waals surface area contributed by atoms with Crippen LogP contribution >= 0.6 is 0 Å².